The summed E-state index contributed by atoms with van der Waals surface area (Å²) in [6.07, 6.45) is -9.39. The number of hydrogen-bond donors (Lipinski definition) is 0. The van der Waals surface area contributed by atoms with Crippen LogP contribution < -0.4 is 4.90 Å². The summed E-state index contributed by atoms with van der Waals surface area (Å²) in [5, 5.41) is 0. The normalized spacial score (nSPS) is 20.0. The van der Waals surface area contributed by atoms with Gasteiger partial charge in [-0.1, -0.05) is 42.5 Å². The van der Waals surface area contributed by atoms with Gasteiger partial charge in [-0.25, -0.2) is 0 Å². The number of likely N-dealkylation sites (tertiary alicyclic amines) is 1. The van der Waals surface area contributed by atoms with Crippen molar-refractivity contribution in [3.05, 3.63) is 101 Å². The quantitative estimate of drug-likeness (QED) is 0.285. The summed E-state index contributed by atoms with van der Waals surface area (Å²) in [6, 6.07) is 18.9. The van der Waals surface area contributed by atoms with E-state index in [1.807, 2.05) is 54.3 Å². The standard InChI is InChI=1S/C33H36F6N4O/c1-23-7-6-10-28(15-23)41-11-13-42(14-12-41)31(44)30-19-29(22-43(30)21-24-8-4-3-5-9-24)40(2)20-25-16-26(32(34,35)36)18-27(17-25)33(37,38)39/h3-10,15-18,29-30H,11-14,19-22H2,1-2H3/t29-,30-/m0/s1. The van der Waals surface area contributed by atoms with Crippen LogP contribution in [0.4, 0.5) is 32.0 Å². The topological polar surface area (TPSA) is 30.0 Å². The Morgan fingerprint density at radius 1 is 0.818 bits per heavy atom. The highest BCUT2D eigenvalue weighted by molar-refractivity contribution is 5.82. The van der Waals surface area contributed by atoms with E-state index in [2.05, 4.69) is 21.9 Å². The molecule has 3 aromatic carbocycles. The molecule has 5 nitrogen and oxygen atoms in total. The molecule has 1 amide bonds. The highest BCUT2D eigenvalue weighted by Gasteiger charge is 2.41. The number of alkyl halides is 6. The average Bonchev–Trinajstić information content (AvgIpc) is 3.40. The lowest BCUT2D eigenvalue weighted by Crippen LogP contribution is -2.53. The number of carbonyl (C=O) groups excluding carboxylic acids is 1. The summed E-state index contributed by atoms with van der Waals surface area (Å²) in [5.74, 6) is -0.000787. The molecule has 2 fully saturated rings. The van der Waals surface area contributed by atoms with Gasteiger partial charge < -0.3 is 9.80 Å². The van der Waals surface area contributed by atoms with Gasteiger partial charge in [0.2, 0.25) is 5.91 Å². The molecule has 3 aromatic rings. The highest BCUT2D eigenvalue weighted by atomic mass is 19.4. The van der Waals surface area contributed by atoms with Crippen LogP contribution >= 0.6 is 0 Å². The zero-order valence-electron chi connectivity index (χ0n) is 24.7. The molecule has 0 aromatic heterocycles. The Morgan fingerprint density at radius 2 is 1.45 bits per heavy atom. The number of halogens is 6. The van der Waals surface area contributed by atoms with E-state index in [-0.39, 0.29) is 30.1 Å². The first-order chi connectivity index (χ1) is 20.8. The Morgan fingerprint density at radius 3 is 2.05 bits per heavy atom. The van der Waals surface area contributed by atoms with Crippen molar-refractivity contribution >= 4 is 11.6 Å². The van der Waals surface area contributed by atoms with Gasteiger partial charge in [-0.3, -0.25) is 14.6 Å². The monoisotopic (exact) mass is 618 g/mol. The molecule has 0 spiro atoms. The first kappa shape index (κ1) is 31.8. The molecule has 2 saturated heterocycles. The molecule has 11 heteroatoms. The Labute approximate surface area is 253 Å². The van der Waals surface area contributed by atoms with Crippen molar-refractivity contribution in [1.29, 1.82) is 0 Å². The molecule has 5 rings (SSSR count). The van der Waals surface area contributed by atoms with Crippen LogP contribution in [0.1, 0.15) is 34.2 Å². The van der Waals surface area contributed by atoms with Crippen LogP contribution in [0.15, 0.2) is 72.8 Å². The van der Waals surface area contributed by atoms with Crippen LogP contribution in [0.5, 0.6) is 0 Å². The Kier molecular flexibility index (Phi) is 9.27. The second kappa shape index (κ2) is 12.8. The van der Waals surface area contributed by atoms with E-state index < -0.39 is 29.5 Å². The summed E-state index contributed by atoms with van der Waals surface area (Å²) in [5.41, 5.74) is 0.570. The summed E-state index contributed by atoms with van der Waals surface area (Å²) in [4.78, 5) is 21.9. The third kappa shape index (κ3) is 7.55. The smallest absolute Gasteiger partial charge is 0.368 e. The number of nitrogens with zero attached hydrogens (tertiary/aromatic N) is 4. The van der Waals surface area contributed by atoms with E-state index in [0.29, 0.717) is 45.7 Å². The zero-order chi connectivity index (χ0) is 31.6. The van der Waals surface area contributed by atoms with E-state index in [1.54, 1.807) is 11.9 Å². The fraction of sp³-hybridized carbons (Fsp3) is 0.424. The average molecular weight is 619 g/mol. The molecular weight excluding hydrogens is 582 g/mol. The van der Waals surface area contributed by atoms with Gasteiger partial charge in [0.1, 0.15) is 0 Å². The van der Waals surface area contributed by atoms with Crippen LogP contribution in [0.2, 0.25) is 0 Å². The molecule has 0 aliphatic carbocycles. The van der Waals surface area contributed by atoms with Crippen molar-refractivity contribution in [2.75, 3.05) is 44.7 Å². The van der Waals surface area contributed by atoms with Gasteiger partial charge in [0.15, 0.2) is 0 Å². The molecule has 2 aliphatic heterocycles. The van der Waals surface area contributed by atoms with Gasteiger partial charge in [-0.05, 0) is 67.4 Å². The molecule has 44 heavy (non-hydrogen) atoms. The van der Waals surface area contributed by atoms with Crippen LogP contribution in [-0.4, -0.2) is 72.5 Å². The maximum absolute atomic E-state index is 13.9. The summed E-state index contributed by atoms with van der Waals surface area (Å²) >= 11 is 0. The first-order valence-electron chi connectivity index (χ1n) is 14.6. The summed E-state index contributed by atoms with van der Waals surface area (Å²) in [7, 11) is 1.69. The van der Waals surface area contributed by atoms with Gasteiger partial charge in [-0.15, -0.1) is 0 Å². The molecule has 2 heterocycles. The zero-order valence-corrected chi connectivity index (χ0v) is 24.7. The van der Waals surface area contributed by atoms with Gasteiger partial charge in [-0.2, -0.15) is 26.3 Å². The molecular formula is C33H36F6N4O. The first-order valence-corrected chi connectivity index (χ1v) is 14.6. The lowest BCUT2D eigenvalue weighted by molar-refractivity contribution is -0.143. The SMILES string of the molecule is Cc1cccc(N2CCN(C(=O)[C@@H]3C[C@H](N(C)Cc4cc(C(F)(F)F)cc(C(F)(F)F)c4)CN3Cc3ccccc3)CC2)c1. The summed E-state index contributed by atoms with van der Waals surface area (Å²) in [6.45, 7) is 5.40. The highest BCUT2D eigenvalue weighted by Crippen LogP contribution is 2.37. The molecule has 0 bridgehead atoms. The third-order valence-electron chi connectivity index (χ3n) is 8.56. The fourth-order valence-electron chi connectivity index (χ4n) is 6.20. The molecule has 2 atom stereocenters. The largest absolute Gasteiger partial charge is 0.416 e. The minimum absolute atomic E-state index is 0.000787. The van der Waals surface area contributed by atoms with Crippen molar-refractivity contribution in [3.63, 3.8) is 0 Å². The lowest BCUT2D eigenvalue weighted by Gasteiger charge is -2.38. The predicted molar refractivity (Wildman–Crippen MR) is 157 cm³/mol. The molecule has 0 unspecified atom stereocenters. The van der Waals surface area contributed by atoms with Crippen molar-refractivity contribution in [1.82, 2.24) is 14.7 Å². The second-order valence-corrected chi connectivity index (χ2v) is 11.8. The molecule has 236 valence electrons. The van der Waals surface area contributed by atoms with Crippen molar-refractivity contribution in [2.45, 2.75) is 50.9 Å². The fourth-order valence-corrected chi connectivity index (χ4v) is 6.20. The number of benzene rings is 3. The lowest BCUT2D eigenvalue weighted by atomic mass is 10.0. The van der Waals surface area contributed by atoms with E-state index in [0.717, 1.165) is 23.4 Å². The van der Waals surface area contributed by atoms with Gasteiger partial charge in [0.25, 0.3) is 0 Å². The van der Waals surface area contributed by atoms with Gasteiger partial charge >= 0.3 is 12.4 Å². The van der Waals surface area contributed by atoms with E-state index >= 15 is 0 Å². The minimum Gasteiger partial charge on any atom is -0.368 e. The van der Waals surface area contributed by atoms with Crippen molar-refractivity contribution < 1.29 is 31.1 Å². The van der Waals surface area contributed by atoms with Crippen molar-refractivity contribution in [3.8, 4) is 0 Å². The maximum Gasteiger partial charge on any atom is 0.416 e. The second-order valence-electron chi connectivity index (χ2n) is 11.8. The van der Waals surface area contributed by atoms with Crippen LogP contribution in [0.3, 0.4) is 0 Å². The minimum atomic E-state index is -4.91. The Balaban J connectivity index is 1.32. The van der Waals surface area contributed by atoms with Crippen molar-refractivity contribution in [2.24, 2.45) is 0 Å². The van der Waals surface area contributed by atoms with E-state index in [9.17, 15) is 31.1 Å². The third-order valence-corrected chi connectivity index (χ3v) is 8.56. The van der Waals surface area contributed by atoms with Gasteiger partial charge in [0, 0.05) is 57.5 Å². The Hall–Kier alpha value is -3.57. The number of carbonyl (C=O) groups is 1. The maximum atomic E-state index is 13.9. The number of aryl methyl sites for hydroxylation is 1. The number of piperazine rings is 1. The van der Waals surface area contributed by atoms with E-state index in [1.165, 1.54) is 5.56 Å². The predicted octanol–water partition coefficient (Wildman–Crippen LogP) is 6.46. The Bertz CT molecular complexity index is 1400. The molecule has 0 N–H and O–H groups in total. The molecule has 2 aliphatic rings. The summed E-state index contributed by atoms with van der Waals surface area (Å²) < 4.78 is 80.7. The number of anilines is 1. The number of rotatable bonds is 7. The van der Waals surface area contributed by atoms with Crippen LogP contribution in [0.25, 0.3) is 0 Å². The molecule has 0 radical (unpaired) electrons. The number of likely N-dealkylation sites (N-methyl/N-ethyl adjacent to an activating group) is 1. The van der Waals surface area contributed by atoms with Gasteiger partial charge in [0.05, 0.1) is 17.2 Å². The van der Waals surface area contributed by atoms with E-state index in [4.69, 9.17) is 0 Å². The van der Waals surface area contributed by atoms with Crippen LogP contribution in [-0.2, 0) is 30.2 Å². The number of amides is 1. The number of hydrogen-bond acceptors (Lipinski definition) is 4. The van der Waals surface area contributed by atoms with Crippen LogP contribution in [0, 0.1) is 6.92 Å². The molecule has 0 saturated carbocycles.